The van der Waals surface area contributed by atoms with E-state index < -0.39 is 28.0 Å². The van der Waals surface area contributed by atoms with E-state index in [9.17, 15) is 18.0 Å². The van der Waals surface area contributed by atoms with Gasteiger partial charge in [-0.05, 0) is 37.3 Å². The maximum absolute atomic E-state index is 12.1. The van der Waals surface area contributed by atoms with Crippen LogP contribution in [-0.2, 0) is 19.6 Å². The van der Waals surface area contributed by atoms with E-state index in [4.69, 9.17) is 9.88 Å². The van der Waals surface area contributed by atoms with Crippen molar-refractivity contribution in [3.8, 4) is 0 Å². The van der Waals surface area contributed by atoms with Gasteiger partial charge in [-0.15, -0.1) is 0 Å². The fourth-order valence-corrected chi connectivity index (χ4v) is 2.41. The highest BCUT2D eigenvalue weighted by atomic mass is 32.2. The van der Waals surface area contributed by atoms with Crippen LogP contribution in [-0.4, -0.2) is 26.4 Å². The third kappa shape index (κ3) is 4.64. The Morgan fingerprint density at radius 3 is 2.38 bits per heavy atom. The summed E-state index contributed by atoms with van der Waals surface area (Å²) >= 11 is 0. The lowest BCUT2D eigenvalue weighted by molar-refractivity contribution is -0.123. The minimum atomic E-state index is -3.87. The zero-order chi connectivity index (χ0) is 17.7. The smallest absolute Gasteiger partial charge is 0.338 e. The summed E-state index contributed by atoms with van der Waals surface area (Å²) in [5.41, 5.74) is 0.558. The lowest BCUT2D eigenvalue weighted by Crippen LogP contribution is -2.30. The van der Waals surface area contributed by atoms with Gasteiger partial charge in [-0.25, -0.2) is 18.4 Å². The van der Waals surface area contributed by atoms with Crippen LogP contribution >= 0.6 is 0 Å². The van der Waals surface area contributed by atoms with Crippen LogP contribution < -0.4 is 10.5 Å². The highest BCUT2D eigenvalue weighted by molar-refractivity contribution is 7.89. The van der Waals surface area contributed by atoms with E-state index in [1.54, 1.807) is 30.3 Å². The molecule has 0 aromatic heterocycles. The molecule has 0 saturated carbocycles. The summed E-state index contributed by atoms with van der Waals surface area (Å²) in [7, 11) is -3.87. The molecule has 2 aromatic rings. The lowest BCUT2D eigenvalue weighted by atomic mass is 10.2. The fourth-order valence-electron chi connectivity index (χ4n) is 1.85. The monoisotopic (exact) mass is 348 g/mol. The zero-order valence-corrected chi connectivity index (χ0v) is 13.6. The first-order valence-electron chi connectivity index (χ1n) is 6.97. The van der Waals surface area contributed by atoms with E-state index in [0.29, 0.717) is 5.56 Å². The number of esters is 1. The number of benzene rings is 2. The van der Waals surface area contributed by atoms with Crippen molar-refractivity contribution in [2.45, 2.75) is 17.9 Å². The quantitative estimate of drug-likeness (QED) is 0.795. The average Bonchev–Trinajstić information content (AvgIpc) is 2.55. The Labute approximate surface area is 139 Å². The van der Waals surface area contributed by atoms with Crippen LogP contribution in [0.3, 0.4) is 0 Å². The van der Waals surface area contributed by atoms with Gasteiger partial charge in [0.15, 0.2) is 6.10 Å². The van der Waals surface area contributed by atoms with Crippen molar-refractivity contribution >= 4 is 27.6 Å². The molecule has 1 amide bonds. The number of nitrogens with one attached hydrogen (secondary N) is 1. The van der Waals surface area contributed by atoms with Crippen LogP contribution in [0.15, 0.2) is 59.5 Å². The number of hydrogen-bond donors (Lipinski definition) is 2. The summed E-state index contributed by atoms with van der Waals surface area (Å²) in [4.78, 5) is 23.8. The molecule has 0 spiro atoms. The van der Waals surface area contributed by atoms with Crippen molar-refractivity contribution in [3.05, 3.63) is 60.2 Å². The summed E-state index contributed by atoms with van der Waals surface area (Å²) in [5, 5.41) is 7.51. The average molecular weight is 348 g/mol. The van der Waals surface area contributed by atoms with Gasteiger partial charge in [0.25, 0.3) is 5.91 Å². The number of rotatable bonds is 5. The molecular formula is C16H16N2O5S. The van der Waals surface area contributed by atoms with Crippen molar-refractivity contribution in [3.63, 3.8) is 0 Å². The van der Waals surface area contributed by atoms with E-state index >= 15 is 0 Å². The molecule has 126 valence electrons. The SMILES string of the molecule is CC(OC(=O)c1ccccc1)C(=O)Nc1cccc(S(N)(=O)=O)c1. The van der Waals surface area contributed by atoms with Crippen LogP contribution in [0.1, 0.15) is 17.3 Å². The van der Waals surface area contributed by atoms with Crippen LogP contribution in [0.2, 0.25) is 0 Å². The second-order valence-corrected chi connectivity index (χ2v) is 6.54. The number of carbonyl (C=O) groups excluding carboxylic acids is 2. The summed E-state index contributed by atoms with van der Waals surface area (Å²) < 4.78 is 27.7. The van der Waals surface area contributed by atoms with Crippen molar-refractivity contribution < 1.29 is 22.7 Å². The second kappa shape index (κ2) is 7.24. The normalized spacial score (nSPS) is 12.2. The maximum atomic E-state index is 12.1. The minimum absolute atomic E-state index is 0.130. The van der Waals surface area contributed by atoms with E-state index in [1.165, 1.54) is 31.2 Å². The number of sulfonamides is 1. The molecule has 2 rings (SSSR count). The first-order chi connectivity index (χ1) is 11.3. The summed E-state index contributed by atoms with van der Waals surface area (Å²) in [6, 6.07) is 13.7. The van der Waals surface area contributed by atoms with Gasteiger partial charge in [0.1, 0.15) is 0 Å². The first kappa shape index (κ1) is 17.6. The van der Waals surface area contributed by atoms with Crippen LogP contribution in [0, 0.1) is 0 Å². The van der Waals surface area contributed by atoms with E-state index in [1.807, 2.05) is 0 Å². The first-order valence-corrected chi connectivity index (χ1v) is 8.52. The number of amides is 1. The molecule has 0 radical (unpaired) electrons. The predicted octanol–water partition coefficient (Wildman–Crippen LogP) is 1.52. The largest absolute Gasteiger partial charge is 0.449 e. The highest BCUT2D eigenvalue weighted by Gasteiger charge is 2.19. The molecule has 0 fully saturated rings. The van der Waals surface area contributed by atoms with Gasteiger partial charge in [-0.2, -0.15) is 0 Å². The Kier molecular flexibility index (Phi) is 5.32. The Morgan fingerprint density at radius 2 is 1.75 bits per heavy atom. The van der Waals surface area contributed by atoms with Crippen molar-refractivity contribution in [2.75, 3.05) is 5.32 Å². The molecule has 0 aliphatic rings. The third-order valence-electron chi connectivity index (χ3n) is 3.09. The van der Waals surface area contributed by atoms with Gasteiger partial charge in [0, 0.05) is 5.69 Å². The molecule has 2 aromatic carbocycles. The van der Waals surface area contributed by atoms with Crippen LogP contribution in [0.5, 0.6) is 0 Å². The van der Waals surface area contributed by atoms with Gasteiger partial charge < -0.3 is 10.1 Å². The number of nitrogens with two attached hydrogens (primary N) is 1. The molecule has 3 N–H and O–H groups in total. The number of anilines is 1. The van der Waals surface area contributed by atoms with Gasteiger partial charge in [0.2, 0.25) is 10.0 Å². The van der Waals surface area contributed by atoms with Gasteiger partial charge in [0.05, 0.1) is 10.5 Å². The number of hydrogen-bond acceptors (Lipinski definition) is 5. The summed E-state index contributed by atoms with van der Waals surface area (Å²) in [5.74, 6) is -1.22. The highest BCUT2D eigenvalue weighted by Crippen LogP contribution is 2.15. The topological polar surface area (TPSA) is 116 Å². The molecule has 0 heterocycles. The fraction of sp³-hybridized carbons (Fsp3) is 0.125. The predicted molar refractivity (Wildman–Crippen MR) is 87.8 cm³/mol. The van der Waals surface area contributed by atoms with E-state index in [2.05, 4.69) is 5.32 Å². The van der Waals surface area contributed by atoms with Crippen LogP contribution in [0.25, 0.3) is 0 Å². The minimum Gasteiger partial charge on any atom is -0.449 e. The molecule has 8 heteroatoms. The standard InChI is InChI=1S/C16H16N2O5S/c1-11(23-16(20)12-6-3-2-4-7-12)15(19)18-13-8-5-9-14(10-13)24(17,21)22/h2-11H,1H3,(H,18,19)(H2,17,21,22). The van der Waals surface area contributed by atoms with Crippen molar-refractivity contribution in [2.24, 2.45) is 5.14 Å². The molecule has 0 aliphatic carbocycles. The maximum Gasteiger partial charge on any atom is 0.338 e. The van der Waals surface area contributed by atoms with Crippen LogP contribution in [0.4, 0.5) is 5.69 Å². The number of carbonyl (C=O) groups is 2. The molecule has 1 unspecified atom stereocenters. The van der Waals surface area contributed by atoms with Crippen molar-refractivity contribution in [1.29, 1.82) is 0 Å². The zero-order valence-electron chi connectivity index (χ0n) is 12.8. The lowest BCUT2D eigenvalue weighted by Gasteiger charge is -2.14. The van der Waals surface area contributed by atoms with Crippen molar-refractivity contribution in [1.82, 2.24) is 0 Å². The number of ether oxygens (including phenoxy) is 1. The van der Waals surface area contributed by atoms with Gasteiger partial charge in [-0.3, -0.25) is 4.79 Å². The Balaban J connectivity index is 2.03. The Morgan fingerprint density at radius 1 is 1.08 bits per heavy atom. The number of primary sulfonamides is 1. The molecule has 1 atom stereocenters. The Hall–Kier alpha value is -2.71. The second-order valence-electron chi connectivity index (χ2n) is 4.98. The van der Waals surface area contributed by atoms with E-state index in [0.717, 1.165) is 0 Å². The third-order valence-corrected chi connectivity index (χ3v) is 4.00. The molecule has 7 nitrogen and oxygen atoms in total. The molecule has 24 heavy (non-hydrogen) atoms. The molecule has 0 aliphatic heterocycles. The molecule has 0 saturated heterocycles. The molecule has 0 bridgehead atoms. The van der Waals surface area contributed by atoms with E-state index in [-0.39, 0.29) is 10.6 Å². The summed E-state index contributed by atoms with van der Waals surface area (Å²) in [6.45, 7) is 1.42. The van der Waals surface area contributed by atoms with Gasteiger partial charge in [-0.1, -0.05) is 24.3 Å². The van der Waals surface area contributed by atoms with Gasteiger partial charge >= 0.3 is 5.97 Å². The molecular weight excluding hydrogens is 332 g/mol. The summed E-state index contributed by atoms with van der Waals surface area (Å²) in [6.07, 6.45) is -1.06. The Bertz CT molecular complexity index is 850.